The van der Waals surface area contributed by atoms with Crippen LogP contribution in [0.4, 0.5) is 8.78 Å². The molecule has 1 heterocycles. The molecule has 0 amide bonds. The van der Waals surface area contributed by atoms with Crippen LogP contribution >= 0.6 is 0 Å². The minimum atomic E-state index is -2.89. The van der Waals surface area contributed by atoms with Gasteiger partial charge in [0.25, 0.3) is 5.92 Å². The summed E-state index contributed by atoms with van der Waals surface area (Å²) in [6, 6.07) is 0. The fourth-order valence-electron chi connectivity index (χ4n) is 2.27. The van der Waals surface area contributed by atoms with E-state index in [9.17, 15) is 13.6 Å². The summed E-state index contributed by atoms with van der Waals surface area (Å²) in [6.45, 7) is 1.58. The maximum Gasteiger partial charge on any atom is 0.354 e. The van der Waals surface area contributed by atoms with E-state index in [0.29, 0.717) is 5.71 Å². The van der Waals surface area contributed by atoms with Crippen LogP contribution in [0.1, 0.15) is 19.8 Å². The van der Waals surface area contributed by atoms with E-state index in [4.69, 9.17) is 4.84 Å². The Kier molecular flexibility index (Phi) is 1.99. The van der Waals surface area contributed by atoms with E-state index < -0.39 is 36.3 Å². The molecule has 1 fully saturated rings. The third kappa shape index (κ3) is 1.31. The number of ether oxygens (including phenoxy) is 1. The summed E-state index contributed by atoms with van der Waals surface area (Å²) in [4.78, 5) is 16.4. The molecule has 0 saturated heterocycles. The molecule has 0 bridgehead atoms. The van der Waals surface area contributed by atoms with Gasteiger partial charge in [-0.3, -0.25) is 0 Å². The number of carbonyl (C=O) groups excluding carboxylic acids is 1. The second-order valence-corrected chi connectivity index (χ2v) is 3.99. The van der Waals surface area contributed by atoms with Gasteiger partial charge in [0, 0.05) is 6.42 Å². The maximum atomic E-state index is 13.2. The molecule has 2 aliphatic rings. The number of hydrogen-bond donors (Lipinski definition) is 0. The summed E-state index contributed by atoms with van der Waals surface area (Å²) in [5, 5.41) is 3.61. The smallest absolute Gasteiger partial charge is 0.354 e. The van der Waals surface area contributed by atoms with Crippen molar-refractivity contribution in [3.63, 3.8) is 0 Å². The van der Waals surface area contributed by atoms with Crippen molar-refractivity contribution >= 4 is 11.7 Å². The molecule has 0 spiro atoms. The van der Waals surface area contributed by atoms with Gasteiger partial charge in [-0.1, -0.05) is 5.16 Å². The Labute approximate surface area is 85.2 Å². The molecule has 0 aromatic carbocycles. The fraction of sp³-hybridized carbons (Fsp3) is 0.778. The highest BCUT2D eigenvalue weighted by Gasteiger charge is 2.67. The van der Waals surface area contributed by atoms with E-state index in [0.717, 1.165) is 7.11 Å². The standard InChI is InChI=1S/C9H11F2NO3/c1-5-6-3-8(10,11)4-9(6,15-12-5)7(13)14-2/h6H,3-4H2,1-2H3. The minimum Gasteiger partial charge on any atom is -0.466 e. The largest absolute Gasteiger partial charge is 0.466 e. The molecular weight excluding hydrogens is 208 g/mol. The molecule has 0 radical (unpaired) electrons. The van der Waals surface area contributed by atoms with Crippen molar-refractivity contribution in [1.82, 2.24) is 0 Å². The van der Waals surface area contributed by atoms with Gasteiger partial charge in [0.15, 0.2) is 0 Å². The zero-order valence-electron chi connectivity index (χ0n) is 8.42. The molecular formula is C9H11F2NO3. The van der Waals surface area contributed by atoms with Crippen LogP contribution < -0.4 is 0 Å². The van der Waals surface area contributed by atoms with Crippen LogP contribution in [-0.2, 0) is 14.4 Å². The quantitative estimate of drug-likeness (QED) is 0.625. The molecule has 2 rings (SSSR count). The topological polar surface area (TPSA) is 47.9 Å². The third-order valence-corrected chi connectivity index (χ3v) is 2.97. The van der Waals surface area contributed by atoms with E-state index >= 15 is 0 Å². The molecule has 0 N–H and O–H groups in total. The van der Waals surface area contributed by atoms with Crippen LogP contribution in [0.25, 0.3) is 0 Å². The van der Waals surface area contributed by atoms with Crippen molar-refractivity contribution in [2.45, 2.75) is 31.3 Å². The van der Waals surface area contributed by atoms with E-state index in [1.54, 1.807) is 6.92 Å². The van der Waals surface area contributed by atoms with Gasteiger partial charge in [0.2, 0.25) is 5.60 Å². The second kappa shape index (κ2) is 2.90. The van der Waals surface area contributed by atoms with Crippen molar-refractivity contribution in [3.8, 4) is 0 Å². The zero-order valence-corrected chi connectivity index (χ0v) is 8.42. The molecule has 4 nitrogen and oxygen atoms in total. The zero-order chi connectivity index (χ0) is 11.3. The first-order valence-corrected chi connectivity index (χ1v) is 4.60. The number of nitrogens with zero attached hydrogens (tertiary/aromatic N) is 1. The first-order chi connectivity index (χ1) is 6.91. The highest BCUT2D eigenvalue weighted by molar-refractivity contribution is 5.95. The Morgan fingerprint density at radius 1 is 1.67 bits per heavy atom. The first kappa shape index (κ1) is 10.3. The number of fused-ring (bicyclic) bond motifs is 1. The molecule has 2 unspecified atom stereocenters. The average molecular weight is 219 g/mol. The summed E-state index contributed by atoms with van der Waals surface area (Å²) in [5.41, 5.74) is -1.17. The predicted octanol–water partition coefficient (Wildman–Crippen LogP) is 1.35. The summed E-state index contributed by atoms with van der Waals surface area (Å²) in [7, 11) is 1.15. The minimum absolute atomic E-state index is 0.405. The Morgan fingerprint density at radius 2 is 2.33 bits per heavy atom. The number of methoxy groups -OCH3 is 1. The first-order valence-electron chi connectivity index (χ1n) is 4.60. The van der Waals surface area contributed by atoms with Crippen LogP contribution in [0.15, 0.2) is 5.16 Å². The summed E-state index contributed by atoms with van der Waals surface area (Å²) in [6.07, 6.45) is -1.06. The van der Waals surface area contributed by atoms with Gasteiger partial charge >= 0.3 is 5.97 Å². The normalized spacial score (nSPS) is 36.8. The molecule has 6 heteroatoms. The average Bonchev–Trinajstić information content (AvgIpc) is 2.60. The Morgan fingerprint density at radius 3 is 2.93 bits per heavy atom. The molecule has 0 aromatic rings. The SMILES string of the molecule is COC(=O)C12CC(F)(F)CC1C(C)=NO2. The summed E-state index contributed by atoms with van der Waals surface area (Å²) < 4.78 is 31.0. The van der Waals surface area contributed by atoms with Crippen molar-refractivity contribution in [2.24, 2.45) is 11.1 Å². The van der Waals surface area contributed by atoms with Crippen LogP contribution in [0.3, 0.4) is 0 Å². The molecule has 1 aliphatic carbocycles. The highest BCUT2D eigenvalue weighted by atomic mass is 19.3. The molecule has 15 heavy (non-hydrogen) atoms. The summed E-state index contributed by atoms with van der Waals surface area (Å²) >= 11 is 0. The van der Waals surface area contributed by atoms with E-state index in [1.165, 1.54) is 0 Å². The van der Waals surface area contributed by atoms with Gasteiger partial charge in [-0.2, -0.15) is 0 Å². The lowest BCUT2D eigenvalue weighted by atomic mass is 9.88. The Hall–Kier alpha value is -1.20. The van der Waals surface area contributed by atoms with E-state index in [-0.39, 0.29) is 0 Å². The lowest BCUT2D eigenvalue weighted by Gasteiger charge is -2.22. The molecule has 0 aromatic heterocycles. The Balaban J connectivity index is 2.35. The number of halogens is 2. The van der Waals surface area contributed by atoms with Crippen LogP contribution in [0, 0.1) is 5.92 Å². The van der Waals surface area contributed by atoms with Gasteiger partial charge in [0.05, 0.1) is 25.2 Å². The van der Waals surface area contributed by atoms with Gasteiger partial charge in [-0.05, 0) is 6.92 Å². The molecule has 2 atom stereocenters. The molecule has 1 aliphatic heterocycles. The lowest BCUT2D eigenvalue weighted by molar-refractivity contribution is -0.171. The van der Waals surface area contributed by atoms with Crippen molar-refractivity contribution in [1.29, 1.82) is 0 Å². The number of alkyl halides is 2. The fourth-order valence-corrected chi connectivity index (χ4v) is 2.27. The number of carbonyl (C=O) groups is 1. The Bertz CT molecular complexity index is 342. The van der Waals surface area contributed by atoms with Gasteiger partial charge < -0.3 is 9.57 Å². The number of rotatable bonds is 1. The van der Waals surface area contributed by atoms with E-state index in [2.05, 4.69) is 9.89 Å². The number of oxime groups is 1. The van der Waals surface area contributed by atoms with Crippen molar-refractivity contribution in [3.05, 3.63) is 0 Å². The lowest BCUT2D eigenvalue weighted by Crippen LogP contribution is -2.43. The predicted molar refractivity (Wildman–Crippen MR) is 46.6 cm³/mol. The number of esters is 1. The van der Waals surface area contributed by atoms with Crippen molar-refractivity contribution in [2.75, 3.05) is 7.11 Å². The monoisotopic (exact) mass is 219 g/mol. The van der Waals surface area contributed by atoms with Crippen LogP contribution in [-0.4, -0.2) is 30.3 Å². The van der Waals surface area contributed by atoms with Gasteiger partial charge in [-0.25, -0.2) is 13.6 Å². The van der Waals surface area contributed by atoms with Crippen LogP contribution in [0.5, 0.6) is 0 Å². The van der Waals surface area contributed by atoms with Crippen molar-refractivity contribution < 1.29 is 23.1 Å². The van der Waals surface area contributed by atoms with E-state index in [1.807, 2.05) is 0 Å². The third-order valence-electron chi connectivity index (χ3n) is 2.97. The second-order valence-electron chi connectivity index (χ2n) is 3.99. The highest BCUT2D eigenvalue weighted by Crippen LogP contribution is 2.51. The molecule has 84 valence electrons. The van der Waals surface area contributed by atoms with Gasteiger partial charge in [0.1, 0.15) is 0 Å². The summed E-state index contributed by atoms with van der Waals surface area (Å²) in [5.74, 6) is -4.33. The number of hydrogen-bond acceptors (Lipinski definition) is 4. The maximum absolute atomic E-state index is 13.2. The van der Waals surface area contributed by atoms with Crippen LogP contribution in [0.2, 0.25) is 0 Å². The van der Waals surface area contributed by atoms with Gasteiger partial charge in [-0.15, -0.1) is 0 Å². The molecule has 1 saturated carbocycles.